The molecule has 0 saturated carbocycles. The summed E-state index contributed by atoms with van der Waals surface area (Å²) in [5.41, 5.74) is 0.750. The maximum absolute atomic E-state index is 12.3. The summed E-state index contributed by atoms with van der Waals surface area (Å²) in [5.74, 6) is -0.523. The van der Waals surface area contributed by atoms with Crippen LogP contribution in [0.3, 0.4) is 0 Å². The van der Waals surface area contributed by atoms with Gasteiger partial charge in [-0.15, -0.1) is 0 Å². The molecule has 1 rings (SSSR count). The summed E-state index contributed by atoms with van der Waals surface area (Å²) < 4.78 is 51.8. The van der Waals surface area contributed by atoms with Gasteiger partial charge in [-0.3, -0.25) is 0 Å². The lowest BCUT2D eigenvalue weighted by molar-refractivity contribution is -0.162. The van der Waals surface area contributed by atoms with Crippen LogP contribution in [0.15, 0.2) is 24.3 Å². The molecule has 1 N–H and O–H groups in total. The predicted octanol–water partition coefficient (Wildman–Crippen LogP) is 3.75. The number of hydrogen-bond acceptors (Lipinski definition) is 5. The van der Waals surface area contributed by atoms with Gasteiger partial charge in [0.25, 0.3) is 0 Å². The SMILES string of the molecule is CCOC(Cc1ccc(OCCN(CC(C)C)C(=O)OCC(F)(F)F)cc1)C(=O)O. The highest BCUT2D eigenvalue weighted by atomic mass is 19.4. The molecule has 1 unspecified atom stereocenters. The van der Waals surface area contributed by atoms with Gasteiger partial charge in [-0.05, 0) is 30.5 Å². The second-order valence-electron chi connectivity index (χ2n) is 6.99. The highest BCUT2D eigenvalue weighted by molar-refractivity contribution is 5.72. The summed E-state index contributed by atoms with van der Waals surface area (Å²) in [7, 11) is 0. The van der Waals surface area contributed by atoms with Crippen LogP contribution < -0.4 is 4.74 Å². The molecule has 0 spiro atoms. The molecule has 1 atom stereocenters. The number of carboxylic acids is 1. The Hall–Kier alpha value is -2.49. The van der Waals surface area contributed by atoms with E-state index < -0.39 is 30.9 Å². The maximum atomic E-state index is 12.3. The number of aliphatic carboxylic acids is 1. The van der Waals surface area contributed by atoms with Gasteiger partial charge in [0.2, 0.25) is 0 Å². The van der Waals surface area contributed by atoms with Crippen molar-refractivity contribution in [2.24, 2.45) is 5.92 Å². The summed E-state index contributed by atoms with van der Waals surface area (Å²) in [6.45, 7) is 4.37. The van der Waals surface area contributed by atoms with Crippen LogP contribution in [0.4, 0.5) is 18.0 Å². The van der Waals surface area contributed by atoms with Crippen molar-refractivity contribution in [2.45, 2.75) is 39.5 Å². The zero-order valence-corrected chi connectivity index (χ0v) is 17.3. The third-order valence-corrected chi connectivity index (χ3v) is 3.82. The Balaban J connectivity index is 2.57. The summed E-state index contributed by atoms with van der Waals surface area (Å²) in [6, 6.07) is 6.70. The lowest BCUT2D eigenvalue weighted by Crippen LogP contribution is -2.39. The monoisotopic (exact) mass is 435 g/mol. The Morgan fingerprint density at radius 3 is 2.30 bits per heavy atom. The standard InChI is InChI=1S/C20H28F3NO6/c1-4-28-17(18(25)26)11-15-5-7-16(8-6-15)29-10-9-24(12-14(2)3)19(27)30-13-20(21,22)23/h5-8,14,17H,4,9-13H2,1-3H3,(H,25,26). The zero-order chi connectivity index (χ0) is 22.7. The first kappa shape index (κ1) is 25.5. The van der Waals surface area contributed by atoms with Crippen LogP contribution in [-0.2, 0) is 20.7 Å². The number of rotatable bonds is 12. The van der Waals surface area contributed by atoms with Crippen LogP contribution in [-0.4, -0.2) is 67.3 Å². The molecule has 0 aliphatic rings. The van der Waals surface area contributed by atoms with Crippen LogP contribution in [0.2, 0.25) is 0 Å². The van der Waals surface area contributed by atoms with Gasteiger partial charge in [-0.1, -0.05) is 26.0 Å². The maximum Gasteiger partial charge on any atom is 0.422 e. The van der Waals surface area contributed by atoms with Gasteiger partial charge in [-0.2, -0.15) is 13.2 Å². The lowest BCUT2D eigenvalue weighted by atomic mass is 10.1. The first-order valence-electron chi connectivity index (χ1n) is 9.56. The Kier molecular flexibility index (Phi) is 10.4. The third-order valence-electron chi connectivity index (χ3n) is 3.82. The van der Waals surface area contributed by atoms with E-state index in [0.717, 1.165) is 5.56 Å². The molecule has 0 radical (unpaired) electrons. The Bertz CT molecular complexity index is 664. The predicted molar refractivity (Wildman–Crippen MR) is 103 cm³/mol. The fourth-order valence-corrected chi connectivity index (χ4v) is 2.56. The number of carbonyl (C=O) groups excluding carboxylic acids is 1. The third kappa shape index (κ3) is 10.3. The smallest absolute Gasteiger partial charge is 0.422 e. The molecule has 0 fully saturated rings. The summed E-state index contributed by atoms with van der Waals surface area (Å²) in [5, 5.41) is 9.12. The molecule has 0 bridgehead atoms. The first-order valence-corrected chi connectivity index (χ1v) is 9.56. The van der Waals surface area contributed by atoms with Gasteiger partial charge in [0, 0.05) is 19.6 Å². The molecule has 10 heteroatoms. The Morgan fingerprint density at radius 1 is 1.17 bits per heavy atom. The van der Waals surface area contributed by atoms with E-state index in [0.29, 0.717) is 5.75 Å². The van der Waals surface area contributed by atoms with E-state index in [1.165, 1.54) is 4.90 Å². The van der Waals surface area contributed by atoms with Crippen molar-refractivity contribution in [3.63, 3.8) is 0 Å². The van der Waals surface area contributed by atoms with Crippen LogP contribution >= 0.6 is 0 Å². The van der Waals surface area contributed by atoms with Crippen molar-refractivity contribution in [1.29, 1.82) is 0 Å². The number of hydrogen-bond donors (Lipinski definition) is 1. The number of carbonyl (C=O) groups is 2. The van der Waals surface area contributed by atoms with Gasteiger partial charge in [0.15, 0.2) is 12.7 Å². The number of nitrogens with zero attached hydrogens (tertiary/aromatic N) is 1. The highest BCUT2D eigenvalue weighted by Gasteiger charge is 2.31. The van der Waals surface area contributed by atoms with Crippen LogP contribution in [0.25, 0.3) is 0 Å². The van der Waals surface area contributed by atoms with E-state index in [2.05, 4.69) is 4.74 Å². The quantitative estimate of drug-likeness (QED) is 0.538. The number of ether oxygens (including phenoxy) is 3. The van der Waals surface area contributed by atoms with Crippen molar-refractivity contribution in [3.8, 4) is 5.75 Å². The Morgan fingerprint density at radius 2 is 1.80 bits per heavy atom. The van der Waals surface area contributed by atoms with Gasteiger partial charge >= 0.3 is 18.2 Å². The van der Waals surface area contributed by atoms with Crippen LogP contribution in [0.1, 0.15) is 26.3 Å². The van der Waals surface area contributed by atoms with E-state index in [-0.39, 0.29) is 38.6 Å². The fourth-order valence-electron chi connectivity index (χ4n) is 2.56. The highest BCUT2D eigenvalue weighted by Crippen LogP contribution is 2.17. The van der Waals surface area contributed by atoms with E-state index in [9.17, 15) is 22.8 Å². The molecular weight excluding hydrogens is 407 g/mol. The lowest BCUT2D eigenvalue weighted by Gasteiger charge is -2.24. The van der Waals surface area contributed by atoms with E-state index in [1.54, 1.807) is 31.2 Å². The minimum atomic E-state index is -4.58. The first-order chi connectivity index (χ1) is 14.0. The molecule has 170 valence electrons. The number of alkyl halides is 3. The average Bonchev–Trinajstić information content (AvgIpc) is 2.65. The molecule has 0 heterocycles. The summed E-state index contributed by atoms with van der Waals surface area (Å²) >= 11 is 0. The van der Waals surface area contributed by atoms with Crippen LogP contribution in [0, 0.1) is 5.92 Å². The van der Waals surface area contributed by atoms with E-state index in [1.807, 2.05) is 13.8 Å². The summed E-state index contributed by atoms with van der Waals surface area (Å²) in [4.78, 5) is 24.2. The molecule has 1 aromatic carbocycles. The molecular formula is C20H28F3NO6. The minimum Gasteiger partial charge on any atom is -0.492 e. The zero-order valence-electron chi connectivity index (χ0n) is 17.3. The van der Waals surface area contributed by atoms with Gasteiger partial charge < -0.3 is 24.2 Å². The molecule has 0 aliphatic carbocycles. The topological polar surface area (TPSA) is 85.3 Å². The van der Waals surface area contributed by atoms with Crippen LogP contribution in [0.5, 0.6) is 5.75 Å². The molecule has 0 aliphatic heterocycles. The van der Waals surface area contributed by atoms with Gasteiger partial charge in [0.05, 0.1) is 6.54 Å². The largest absolute Gasteiger partial charge is 0.492 e. The fraction of sp³-hybridized carbons (Fsp3) is 0.600. The van der Waals surface area contributed by atoms with Crippen molar-refractivity contribution in [3.05, 3.63) is 29.8 Å². The average molecular weight is 435 g/mol. The molecule has 30 heavy (non-hydrogen) atoms. The normalized spacial score (nSPS) is 12.5. The van der Waals surface area contributed by atoms with Gasteiger partial charge in [-0.25, -0.2) is 9.59 Å². The number of carboxylic acid groups (broad SMARTS) is 1. The molecule has 1 aromatic rings. The van der Waals surface area contributed by atoms with E-state index in [4.69, 9.17) is 14.6 Å². The Labute approximate surface area is 173 Å². The summed E-state index contributed by atoms with van der Waals surface area (Å²) in [6.07, 6.45) is -6.36. The molecule has 7 nitrogen and oxygen atoms in total. The second kappa shape index (κ2) is 12.3. The molecule has 0 aromatic heterocycles. The van der Waals surface area contributed by atoms with Crippen molar-refractivity contribution in [2.75, 3.05) is 32.9 Å². The molecule has 0 saturated heterocycles. The van der Waals surface area contributed by atoms with Gasteiger partial charge in [0.1, 0.15) is 12.4 Å². The number of amides is 1. The second-order valence-corrected chi connectivity index (χ2v) is 6.99. The van der Waals surface area contributed by atoms with E-state index >= 15 is 0 Å². The number of benzene rings is 1. The van der Waals surface area contributed by atoms with Crippen molar-refractivity contribution < 1.29 is 42.1 Å². The van der Waals surface area contributed by atoms with Crippen molar-refractivity contribution >= 4 is 12.1 Å². The molecule has 1 amide bonds. The van der Waals surface area contributed by atoms with Crippen molar-refractivity contribution in [1.82, 2.24) is 4.90 Å². The minimum absolute atomic E-state index is 0.0373. The number of halogens is 3.